The van der Waals surface area contributed by atoms with Gasteiger partial charge in [0.05, 0.1) is 10.9 Å². The highest BCUT2D eigenvalue weighted by Crippen LogP contribution is 2.38. The lowest BCUT2D eigenvalue weighted by Crippen LogP contribution is -2.41. The van der Waals surface area contributed by atoms with E-state index in [4.69, 9.17) is 16.1 Å². The second-order valence-corrected chi connectivity index (χ2v) is 11.7. The number of likely N-dealkylation sites (N-methyl/N-ethyl adjacent to an activating group) is 2. The summed E-state index contributed by atoms with van der Waals surface area (Å²) in [6.45, 7) is 5.99. The standard InChI is InChI=1S/C34H34F2N6O3/c1-5-24-27(35)12-11-20-15-23(43)16-25(29(20)24)31-30(36)32-26(17-37-31)33(39-34(38-32)45-19-22-10-7-13-40(22)3)41(4)18-21-9-8-14-42(21)28(44)6-2/h1,6,11-12,15-17,21-22,43H,2,7-10,13-14,18-19H2,3-4H3/t21-,22-/m0/s1. The normalized spacial score (nSPS) is 18.4. The third-order valence-corrected chi connectivity index (χ3v) is 8.85. The molecule has 2 aromatic heterocycles. The fourth-order valence-electron chi connectivity index (χ4n) is 6.51. The van der Waals surface area contributed by atoms with E-state index < -0.39 is 11.6 Å². The molecule has 2 fully saturated rings. The molecule has 4 heterocycles. The molecule has 2 atom stereocenters. The molecule has 0 bridgehead atoms. The van der Waals surface area contributed by atoms with E-state index in [-0.39, 0.29) is 57.5 Å². The lowest BCUT2D eigenvalue weighted by molar-refractivity contribution is -0.126. The number of rotatable bonds is 8. The van der Waals surface area contributed by atoms with Gasteiger partial charge in [0.25, 0.3) is 0 Å². The van der Waals surface area contributed by atoms with Crippen LogP contribution in [0.5, 0.6) is 11.8 Å². The number of halogens is 2. The first-order valence-corrected chi connectivity index (χ1v) is 15.0. The highest BCUT2D eigenvalue weighted by molar-refractivity contribution is 6.03. The summed E-state index contributed by atoms with van der Waals surface area (Å²) in [4.78, 5) is 31.9. The number of benzene rings is 2. The van der Waals surface area contributed by atoms with Gasteiger partial charge in [-0.2, -0.15) is 9.97 Å². The van der Waals surface area contributed by atoms with Crippen LogP contribution in [0.2, 0.25) is 0 Å². The lowest BCUT2D eigenvalue weighted by atomic mass is 9.96. The van der Waals surface area contributed by atoms with Crippen LogP contribution in [0, 0.1) is 24.0 Å². The largest absolute Gasteiger partial charge is 0.508 e. The molecule has 232 valence electrons. The molecule has 2 aliphatic rings. The third kappa shape index (κ3) is 5.62. The second kappa shape index (κ2) is 12.3. The average molecular weight is 613 g/mol. The molecule has 6 rings (SSSR count). The summed E-state index contributed by atoms with van der Waals surface area (Å²) in [5.74, 6) is 1.01. The van der Waals surface area contributed by atoms with Crippen LogP contribution in [-0.2, 0) is 4.79 Å². The number of terminal acetylenes is 1. The van der Waals surface area contributed by atoms with Crippen LogP contribution in [0.3, 0.4) is 0 Å². The fourth-order valence-corrected chi connectivity index (χ4v) is 6.51. The van der Waals surface area contributed by atoms with E-state index in [0.717, 1.165) is 32.2 Å². The first kappa shape index (κ1) is 30.2. The van der Waals surface area contributed by atoms with Crippen LogP contribution >= 0.6 is 0 Å². The Kier molecular flexibility index (Phi) is 8.25. The van der Waals surface area contributed by atoms with Gasteiger partial charge >= 0.3 is 6.01 Å². The van der Waals surface area contributed by atoms with Crippen molar-refractivity contribution in [1.29, 1.82) is 0 Å². The van der Waals surface area contributed by atoms with Gasteiger partial charge in [0.1, 0.15) is 35.2 Å². The van der Waals surface area contributed by atoms with Crippen molar-refractivity contribution in [2.45, 2.75) is 37.8 Å². The van der Waals surface area contributed by atoms with Crippen LogP contribution in [0.15, 0.2) is 43.1 Å². The van der Waals surface area contributed by atoms with E-state index in [2.05, 4.69) is 27.4 Å². The molecular formula is C34H34F2N6O3. The Morgan fingerprint density at radius 3 is 2.73 bits per heavy atom. The number of fused-ring (bicyclic) bond motifs is 2. The zero-order chi connectivity index (χ0) is 31.8. The van der Waals surface area contributed by atoms with Crippen molar-refractivity contribution in [2.24, 2.45) is 0 Å². The van der Waals surface area contributed by atoms with E-state index in [1.807, 2.05) is 19.0 Å². The number of ether oxygens (including phenoxy) is 1. The Balaban J connectivity index is 1.48. The first-order valence-electron chi connectivity index (χ1n) is 15.0. The van der Waals surface area contributed by atoms with Crippen LogP contribution < -0.4 is 9.64 Å². The van der Waals surface area contributed by atoms with Crippen LogP contribution in [0.1, 0.15) is 31.2 Å². The number of aromatic hydroxyl groups is 1. The van der Waals surface area contributed by atoms with Crippen molar-refractivity contribution >= 4 is 33.4 Å². The van der Waals surface area contributed by atoms with E-state index in [1.54, 1.807) is 4.90 Å². The predicted molar refractivity (Wildman–Crippen MR) is 169 cm³/mol. The Morgan fingerprint density at radius 2 is 2.00 bits per heavy atom. The lowest BCUT2D eigenvalue weighted by Gasteiger charge is -2.29. The molecule has 0 aliphatic carbocycles. The number of carbonyl (C=O) groups excluding carboxylic acids is 1. The van der Waals surface area contributed by atoms with Gasteiger partial charge in [-0.3, -0.25) is 9.78 Å². The molecule has 2 aromatic carbocycles. The van der Waals surface area contributed by atoms with Gasteiger partial charge in [-0.1, -0.05) is 18.6 Å². The summed E-state index contributed by atoms with van der Waals surface area (Å²) >= 11 is 0. The fraction of sp³-hybridized carbons (Fsp3) is 0.353. The Labute approximate surface area is 260 Å². The van der Waals surface area contributed by atoms with Gasteiger partial charge in [0.15, 0.2) is 5.82 Å². The number of pyridine rings is 1. The molecule has 45 heavy (non-hydrogen) atoms. The average Bonchev–Trinajstić information content (AvgIpc) is 3.67. The van der Waals surface area contributed by atoms with E-state index in [0.29, 0.717) is 36.3 Å². The number of carbonyl (C=O) groups is 1. The molecule has 0 saturated carbocycles. The van der Waals surface area contributed by atoms with Gasteiger partial charge in [-0.15, -0.1) is 6.42 Å². The maximum absolute atomic E-state index is 16.7. The van der Waals surface area contributed by atoms with Gasteiger partial charge in [0.2, 0.25) is 5.91 Å². The molecule has 9 nitrogen and oxygen atoms in total. The summed E-state index contributed by atoms with van der Waals surface area (Å²) in [5, 5.41) is 11.5. The minimum Gasteiger partial charge on any atom is -0.508 e. The first-order chi connectivity index (χ1) is 21.7. The highest BCUT2D eigenvalue weighted by Gasteiger charge is 2.30. The summed E-state index contributed by atoms with van der Waals surface area (Å²) in [6, 6.07) is 5.51. The molecule has 0 spiro atoms. The summed E-state index contributed by atoms with van der Waals surface area (Å²) in [6.07, 6.45) is 12.1. The molecule has 2 saturated heterocycles. The number of nitrogens with zero attached hydrogens (tertiary/aromatic N) is 6. The van der Waals surface area contributed by atoms with Crippen molar-refractivity contribution in [3.05, 3.63) is 60.3 Å². The molecule has 0 radical (unpaired) electrons. The van der Waals surface area contributed by atoms with Crippen molar-refractivity contribution in [1.82, 2.24) is 24.8 Å². The molecule has 2 aliphatic heterocycles. The quantitative estimate of drug-likeness (QED) is 0.222. The van der Waals surface area contributed by atoms with Crippen LogP contribution in [0.4, 0.5) is 14.6 Å². The van der Waals surface area contributed by atoms with Gasteiger partial charge in [-0.25, -0.2) is 8.78 Å². The number of hydrogen-bond acceptors (Lipinski definition) is 8. The molecular weight excluding hydrogens is 578 g/mol. The topological polar surface area (TPSA) is 94.9 Å². The minimum absolute atomic E-state index is 0.00210. The SMILES string of the molecule is C#Cc1c(F)ccc2cc(O)cc(-c3ncc4c(N(C)C[C@@H]5CCCN5C(=O)C=C)nc(OC[C@@H]5CCCN5C)nc4c3F)c12. The number of phenols is 1. The highest BCUT2D eigenvalue weighted by atomic mass is 19.1. The summed E-state index contributed by atoms with van der Waals surface area (Å²) in [5.41, 5.74) is -0.137. The van der Waals surface area contributed by atoms with E-state index in [9.17, 15) is 14.3 Å². The molecule has 4 aromatic rings. The minimum atomic E-state index is -0.796. The maximum atomic E-state index is 16.7. The number of anilines is 1. The number of likely N-dealkylation sites (tertiary alicyclic amines) is 2. The molecule has 1 amide bonds. The second-order valence-electron chi connectivity index (χ2n) is 11.7. The van der Waals surface area contributed by atoms with Crippen LogP contribution in [-0.4, -0.2) is 88.2 Å². The number of hydrogen-bond donors (Lipinski definition) is 1. The van der Waals surface area contributed by atoms with Crippen molar-refractivity contribution in [2.75, 3.05) is 45.2 Å². The van der Waals surface area contributed by atoms with E-state index in [1.165, 1.54) is 36.5 Å². The zero-order valence-corrected chi connectivity index (χ0v) is 25.3. The van der Waals surface area contributed by atoms with E-state index >= 15 is 4.39 Å². The molecule has 1 N–H and O–H groups in total. The molecule has 11 heteroatoms. The Hall–Kier alpha value is -4.82. The van der Waals surface area contributed by atoms with Gasteiger partial charge < -0.3 is 24.5 Å². The smallest absolute Gasteiger partial charge is 0.319 e. The summed E-state index contributed by atoms with van der Waals surface area (Å²) < 4.78 is 37.5. The van der Waals surface area contributed by atoms with Crippen molar-refractivity contribution in [3.8, 4) is 35.4 Å². The maximum Gasteiger partial charge on any atom is 0.319 e. The number of amides is 1. The number of aromatic nitrogens is 3. The molecule has 0 unspecified atom stereocenters. The van der Waals surface area contributed by atoms with Crippen molar-refractivity contribution in [3.63, 3.8) is 0 Å². The monoisotopic (exact) mass is 612 g/mol. The van der Waals surface area contributed by atoms with Crippen LogP contribution in [0.25, 0.3) is 32.9 Å². The van der Waals surface area contributed by atoms with Crippen molar-refractivity contribution < 1.29 is 23.4 Å². The zero-order valence-electron chi connectivity index (χ0n) is 25.3. The Bertz CT molecular complexity index is 1860. The number of phenolic OH excluding ortho intramolecular Hbond substituents is 1. The summed E-state index contributed by atoms with van der Waals surface area (Å²) in [7, 11) is 3.85. The van der Waals surface area contributed by atoms with Gasteiger partial charge in [0, 0.05) is 49.4 Å². The predicted octanol–water partition coefficient (Wildman–Crippen LogP) is 4.90. The third-order valence-electron chi connectivity index (χ3n) is 8.85. The Morgan fingerprint density at radius 1 is 1.22 bits per heavy atom. The van der Waals surface area contributed by atoms with Gasteiger partial charge in [-0.05, 0) is 68.9 Å².